The molecule has 0 saturated heterocycles. The molecule has 2 aromatic rings. The van der Waals surface area contributed by atoms with Crippen molar-refractivity contribution in [2.75, 3.05) is 11.9 Å². The highest BCUT2D eigenvalue weighted by molar-refractivity contribution is 5.75. The molecule has 118 valence electrons. The van der Waals surface area contributed by atoms with E-state index >= 15 is 0 Å². The number of ether oxygens (including phenoxy) is 1. The lowest BCUT2D eigenvalue weighted by atomic mass is 10.2. The van der Waals surface area contributed by atoms with Gasteiger partial charge in [-0.2, -0.15) is 0 Å². The largest absolute Gasteiger partial charge is 0.453 e. The molecule has 0 saturated carbocycles. The predicted molar refractivity (Wildman–Crippen MR) is 98.4 cm³/mol. The lowest BCUT2D eigenvalue weighted by Crippen LogP contribution is -2.18. The first kappa shape index (κ1) is 14.4. The zero-order valence-corrected chi connectivity index (χ0v) is 13.2. The molecule has 0 bridgehead atoms. The van der Waals surface area contributed by atoms with Crippen LogP contribution in [0.4, 0.5) is 11.4 Å². The smallest absolute Gasteiger partial charge is 0.150 e. The molecule has 0 fully saturated rings. The Bertz CT molecular complexity index is 774. The Labute approximate surface area is 141 Å². The Balaban J connectivity index is 0.000000129. The van der Waals surface area contributed by atoms with E-state index < -0.39 is 0 Å². The summed E-state index contributed by atoms with van der Waals surface area (Å²) in [6.07, 6.45) is 14.7. The lowest BCUT2D eigenvalue weighted by Gasteiger charge is -2.23. The van der Waals surface area contributed by atoms with Crippen LogP contribution >= 0.6 is 0 Å². The Morgan fingerprint density at radius 1 is 0.833 bits per heavy atom. The normalized spacial score (nSPS) is 15.7. The van der Waals surface area contributed by atoms with Crippen LogP contribution in [0.15, 0.2) is 96.9 Å². The number of hydrogen-bond acceptors (Lipinski definition) is 3. The monoisotopic (exact) mass is 314 g/mol. The average molecular weight is 314 g/mol. The summed E-state index contributed by atoms with van der Waals surface area (Å²) in [5.74, 6) is 1.76. The molecular formula is C21H18N2O. The van der Waals surface area contributed by atoms with E-state index in [4.69, 9.17) is 4.74 Å². The van der Waals surface area contributed by atoms with Crippen LogP contribution in [0.1, 0.15) is 0 Å². The van der Waals surface area contributed by atoms with Gasteiger partial charge in [0.25, 0.3) is 0 Å². The molecular weight excluding hydrogens is 296 g/mol. The molecule has 0 unspecified atom stereocenters. The van der Waals surface area contributed by atoms with Crippen LogP contribution in [-0.2, 0) is 0 Å². The van der Waals surface area contributed by atoms with Gasteiger partial charge in [0.15, 0.2) is 11.5 Å². The summed E-state index contributed by atoms with van der Waals surface area (Å²) in [6, 6.07) is 15.8. The van der Waals surface area contributed by atoms with E-state index in [2.05, 4.69) is 52.9 Å². The van der Waals surface area contributed by atoms with Crippen LogP contribution in [0.3, 0.4) is 0 Å². The summed E-state index contributed by atoms with van der Waals surface area (Å²) in [4.78, 5) is 2.21. The molecule has 0 aliphatic carbocycles. The second-order valence-electron chi connectivity index (χ2n) is 5.59. The van der Waals surface area contributed by atoms with Gasteiger partial charge in [0, 0.05) is 18.4 Å². The van der Waals surface area contributed by atoms with Crippen molar-refractivity contribution >= 4 is 11.4 Å². The van der Waals surface area contributed by atoms with Crippen LogP contribution in [0.2, 0.25) is 0 Å². The van der Waals surface area contributed by atoms with Crippen LogP contribution in [0.5, 0.6) is 11.5 Å². The van der Waals surface area contributed by atoms with E-state index in [0.717, 1.165) is 29.4 Å². The molecule has 3 heteroatoms. The van der Waals surface area contributed by atoms with E-state index in [9.17, 15) is 0 Å². The number of fused-ring (bicyclic) bond motifs is 3. The third-order valence-electron chi connectivity index (χ3n) is 3.94. The number of nitrogens with zero attached hydrogens (tertiary/aromatic N) is 1. The number of benzene rings is 2. The van der Waals surface area contributed by atoms with Crippen molar-refractivity contribution in [2.24, 2.45) is 0 Å². The van der Waals surface area contributed by atoms with Gasteiger partial charge >= 0.3 is 0 Å². The average Bonchev–Trinajstić information content (AvgIpc) is 2.67. The second kappa shape index (κ2) is 6.50. The first-order valence-corrected chi connectivity index (χ1v) is 8.01. The molecule has 2 aromatic carbocycles. The minimum atomic E-state index is 0.881. The van der Waals surface area contributed by atoms with Crippen molar-refractivity contribution in [1.29, 1.82) is 0 Å². The van der Waals surface area contributed by atoms with Crippen molar-refractivity contribution in [3.63, 3.8) is 0 Å². The quantitative estimate of drug-likeness (QED) is 0.604. The number of anilines is 2. The van der Waals surface area contributed by atoms with Crippen molar-refractivity contribution in [1.82, 2.24) is 4.90 Å². The number of para-hydroxylation sites is 4. The fourth-order valence-corrected chi connectivity index (χ4v) is 2.73. The molecule has 24 heavy (non-hydrogen) atoms. The first-order chi connectivity index (χ1) is 11.9. The van der Waals surface area contributed by atoms with Gasteiger partial charge < -0.3 is 15.0 Å². The summed E-state index contributed by atoms with van der Waals surface area (Å²) < 4.78 is 5.71. The summed E-state index contributed by atoms with van der Waals surface area (Å²) in [5, 5.41) is 3.32. The summed E-state index contributed by atoms with van der Waals surface area (Å²) in [5.41, 5.74) is 3.32. The minimum absolute atomic E-state index is 0.881. The second-order valence-corrected chi connectivity index (χ2v) is 5.59. The van der Waals surface area contributed by atoms with E-state index in [-0.39, 0.29) is 0 Å². The maximum absolute atomic E-state index is 5.71. The van der Waals surface area contributed by atoms with Crippen molar-refractivity contribution in [2.45, 2.75) is 0 Å². The van der Waals surface area contributed by atoms with Gasteiger partial charge in [0.05, 0.1) is 11.4 Å². The molecule has 0 spiro atoms. The van der Waals surface area contributed by atoms with Gasteiger partial charge in [-0.3, -0.25) is 0 Å². The standard InChI is InChI=1S/C12H9NO.C9H9N/c1-3-7-11-9(5-1)13-10-6-2-4-8-12(10)14-11;1-3-7-10-8-4-2-6-9(10)5-1/h1-8,13H;1-7H,8H2. The molecule has 0 amide bonds. The summed E-state index contributed by atoms with van der Waals surface area (Å²) in [7, 11) is 0. The van der Waals surface area contributed by atoms with Crippen LogP contribution in [-0.4, -0.2) is 11.4 Å². The molecule has 1 N–H and O–H groups in total. The summed E-state index contributed by atoms with van der Waals surface area (Å²) in [6.45, 7) is 1.01. The highest BCUT2D eigenvalue weighted by Gasteiger charge is 2.13. The molecule has 3 aliphatic heterocycles. The van der Waals surface area contributed by atoms with Crippen LogP contribution < -0.4 is 10.1 Å². The fourth-order valence-electron chi connectivity index (χ4n) is 2.73. The SMILES string of the molecule is C1=CCN2C=CC=CC2=C1.c1ccc2c(c1)Nc1ccccc1O2. The zero-order chi connectivity index (χ0) is 16.2. The Hall–Kier alpha value is -3.20. The number of rotatable bonds is 0. The van der Waals surface area contributed by atoms with E-state index in [0.29, 0.717) is 0 Å². The number of nitrogens with one attached hydrogen (secondary N) is 1. The highest BCUT2D eigenvalue weighted by atomic mass is 16.5. The van der Waals surface area contributed by atoms with Gasteiger partial charge in [-0.05, 0) is 42.5 Å². The molecule has 0 atom stereocenters. The van der Waals surface area contributed by atoms with Crippen molar-refractivity contribution in [3.8, 4) is 11.5 Å². The van der Waals surface area contributed by atoms with Crippen molar-refractivity contribution < 1.29 is 4.74 Å². The van der Waals surface area contributed by atoms with E-state index in [1.54, 1.807) is 0 Å². The van der Waals surface area contributed by atoms with Gasteiger partial charge in [-0.1, -0.05) is 42.5 Å². The molecule has 0 radical (unpaired) electrons. The van der Waals surface area contributed by atoms with Crippen molar-refractivity contribution in [3.05, 3.63) is 96.9 Å². The van der Waals surface area contributed by atoms with Gasteiger partial charge in [0.2, 0.25) is 0 Å². The maximum Gasteiger partial charge on any atom is 0.150 e. The molecule has 3 nitrogen and oxygen atoms in total. The predicted octanol–water partition coefficient (Wildman–Crippen LogP) is 5.36. The third-order valence-corrected chi connectivity index (χ3v) is 3.94. The minimum Gasteiger partial charge on any atom is -0.453 e. The number of allylic oxidation sites excluding steroid dienone is 5. The van der Waals surface area contributed by atoms with Gasteiger partial charge in [-0.25, -0.2) is 0 Å². The van der Waals surface area contributed by atoms with Gasteiger partial charge in [-0.15, -0.1) is 0 Å². The molecule has 0 aromatic heterocycles. The Morgan fingerprint density at radius 3 is 2.25 bits per heavy atom. The van der Waals surface area contributed by atoms with Crippen LogP contribution in [0.25, 0.3) is 0 Å². The molecule has 3 aliphatic rings. The third kappa shape index (κ3) is 2.97. The Morgan fingerprint density at radius 2 is 1.54 bits per heavy atom. The van der Waals surface area contributed by atoms with Gasteiger partial charge in [0.1, 0.15) is 0 Å². The topological polar surface area (TPSA) is 24.5 Å². The first-order valence-electron chi connectivity index (χ1n) is 8.01. The number of hydrogen-bond donors (Lipinski definition) is 1. The zero-order valence-electron chi connectivity index (χ0n) is 13.2. The lowest BCUT2D eigenvalue weighted by molar-refractivity contribution is 0.481. The van der Waals surface area contributed by atoms with E-state index in [1.807, 2.05) is 48.5 Å². The highest BCUT2D eigenvalue weighted by Crippen LogP contribution is 2.40. The van der Waals surface area contributed by atoms with Crippen LogP contribution in [0, 0.1) is 0 Å². The van der Waals surface area contributed by atoms with E-state index in [1.165, 1.54) is 5.70 Å². The molecule has 5 rings (SSSR count). The summed E-state index contributed by atoms with van der Waals surface area (Å²) >= 11 is 0. The fraction of sp³-hybridized carbons (Fsp3) is 0.0476. The maximum atomic E-state index is 5.71. The molecule has 3 heterocycles. The Kier molecular flexibility index (Phi) is 3.90.